The van der Waals surface area contributed by atoms with Crippen molar-refractivity contribution in [2.45, 2.75) is 25.2 Å². The molecule has 4 nitrogen and oxygen atoms in total. The molecule has 2 saturated heterocycles. The lowest BCUT2D eigenvalue weighted by atomic mass is 9.90. The number of hydrogen-bond acceptors (Lipinski definition) is 3. The van der Waals surface area contributed by atoms with E-state index in [4.69, 9.17) is 0 Å². The van der Waals surface area contributed by atoms with Gasteiger partial charge in [0.15, 0.2) is 0 Å². The number of benzene rings is 1. The minimum absolute atomic E-state index is 0.113. The molecule has 0 saturated carbocycles. The number of rotatable bonds is 2. The van der Waals surface area contributed by atoms with Crippen LogP contribution < -0.4 is 15.8 Å². The third-order valence-corrected chi connectivity index (χ3v) is 3.81. The zero-order chi connectivity index (χ0) is 12.4. The first-order valence-electron chi connectivity index (χ1n) is 6.70. The summed E-state index contributed by atoms with van der Waals surface area (Å²) in [5.41, 5.74) is 5.39. The lowest BCUT2D eigenvalue weighted by Crippen LogP contribution is -2.33. The van der Waals surface area contributed by atoms with E-state index in [-0.39, 0.29) is 5.91 Å². The van der Waals surface area contributed by atoms with Crippen LogP contribution in [-0.4, -0.2) is 25.5 Å². The van der Waals surface area contributed by atoms with Crippen LogP contribution >= 0.6 is 0 Å². The predicted molar refractivity (Wildman–Crippen MR) is 71.4 cm³/mol. The Labute approximate surface area is 107 Å². The van der Waals surface area contributed by atoms with Gasteiger partial charge in [-0.2, -0.15) is 0 Å². The fourth-order valence-corrected chi connectivity index (χ4v) is 2.77. The van der Waals surface area contributed by atoms with Crippen molar-refractivity contribution in [1.29, 1.82) is 0 Å². The third-order valence-electron chi connectivity index (χ3n) is 3.81. The first-order chi connectivity index (χ1) is 8.83. The second-order valence-electron chi connectivity index (χ2n) is 5.06. The fourth-order valence-electron chi connectivity index (χ4n) is 2.77. The van der Waals surface area contributed by atoms with Crippen LogP contribution in [0, 0.1) is 0 Å². The van der Waals surface area contributed by atoms with Crippen LogP contribution in [-0.2, 0) is 4.79 Å². The largest absolute Gasteiger partial charge is 0.317 e. The number of hydrogen-bond donors (Lipinski definition) is 2. The van der Waals surface area contributed by atoms with Crippen molar-refractivity contribution in [2.75, 3.05) is 24.6 Å². The van der Waals surface area contributed by atoms with Crippen molar-refractivity contribution in [1.82, 2.24) is 10.7 Å². The molecule has 2 aliphatic heterocycles. The second kappa shape index (κ2) is 4.98. The summed E-state index contributed by atoms with van der Waals surface area (Å²) in [4.78, 5) is 11.3. The third kappa shape index (κ3) is 2.34. The summed E-state index contributed by atoms with van der Waals surface area (Å²) in [5, 5.41) is 5.34. The van der Waals surface area contributed by atoms with Gasteiger partial charge >= 0.3 is 0 Å². The van der Waals surface area contributed by atoms with Crippen LogP contribution in [0.3, 0.4) is 0 Å². The molecule has 96 valence electrons. The number of carbonyl (C=O) groups is 1. The Morgan fingerprint density at radius 2 is 2.06 bits per heavy atom. The van der Waals surface area contributed by atoms with Gasteiger partial charge < -0.3 is 5.32 Å². The van der Waals surface area contributed by atoms with Gasteiger partial charge in [0.05, 0.1) is 5.69 Å². The molecule has 0 bridgehead atoms. The van der Waals surface area contributed by atoms with E-state index in [2.05, 4.69) is 35.0 Å². The Hall–Kier alpha value is -1.55. The quantitative estimate of drug-likeness (QED) is 0.827. The smallest absolute Gasteiger partial charge is 0.240 e. The van der Waals surface area contributed by atoms with E-state index >= 15 is 0 Å². The van der Waals surface area contributed by atoms with Crippen molar-refractivity contribution < 1.29 is 4.79 Å². The van der Waals surface area contributed by atoms with Gasteiger partial charge in [0.2, 0.25) is 5.91 Å². The van der Waals surface area contributed by atoms with Crippen LogP contribution in [0.25, 0.3) is 0 Å². The first-order valence-corrected chi connectivity index (χ1v) is 6.70. The van der Waals surface area contributed by atoms with E-state index in [1.807, 2.05) is 5.01 Å². The number of nitrogens with one attached hydrogen (secondary N) is 2. The van der Waals surface area contributed by atoms with Crippen molar-refractivity contribution in [3.05, 3.63) is 29.8 Å². The molecular formula is C14H19N3O. The summed E-state index contributed by atoms with van der Waals surface area (Å²) in [6.07, 6.45) is 3.00. The van der Waals surface area contributed by atoms with Gasteiger partial charge in [0, 0.05) is 13.0 Å². The summed E-state index contributed by atoms with van der Waals surface area (Å²) >= 11 is 0. The van der Waals surface area contributed by atoms with Gasteiger partial charge in [-0.25, -0.2) is 0 Å². The minimum atomic E-state index is 0.113. The Morgan fingerprint density at radius 1 is 1.22 bits per heavy atom. The van der Waals surface area contributed by atoms with E-state index < -0.39 is 0 Å². The maximum Gasteiger partial charge on any atom is 0.240 e. The van der Waals surface area contributed by atoms with Crippen LogP contribution in [0.15, 0.2) is 24.3 Å². The lowest BCUT2D eigenvalue weighted by molar-refractivity contribution is -0.119. The van der Waals surface area contributed by atoms with E-state index in [1.165, 1.54) is 18.4 Å². The lowest BCUT2D eigenvalue weighted by Gasteiger charge is -2.25. The van der Waals surface area contributed by atoms with Crippen LogP contribution in [0.2, 0.25) is 0 Å². The number of hydrazine groups is 1. The van der Waals surface area contributed by atoms with E-state index in [0.29, 0.717) is 12.3 Å². The van der Waals surface area contributed by atoms with Gasteiger partial charge in [-0.15, -0.1) is 0 Å². The van der Waals surface area contributed by atoms with Crippen LogP contribution in [0.4, 0.5) is 5.69 Å². The Bertz CT molecular complexity index is 440. The Morgan fingerprint density at radius 3 is 2.78 bits per heavy atom. The highest BCUT2D eigenvalue weighted by atomic mass is 16.2. The normalized spacial score (nSPS) is 21.1. The molecule has 1 amide bonds. The molecule has 4 heteroatoms. The molecule has 2 N–H and O–H groups in total. The predicted octanol–water partition coefficient (Wildman–Crippen LogP) is 1.39. The standard InChI is InChI=1S/C14H19N3O/c18-14-6-9-17(16-14)13-3-1-2-12(10-13)11-4-7-15-8-5-11/h1-3,10-11,15H,4-9H2,(H,16,18). The molecule has 0 atom stereocenters. The zero-order valence-electron chi connectivity index (χ0n) is 10.5. The molecule has 0 unspecified atom stereocenters. The molecule has 1 aromatic carbocycles. The van der Waals surface area contributed by atoms with Crippen molar-refractivity contribution in [3.63, 3.8) is 0 Å². The molecule has 2 heterocycles. The Balaban J connectivity index is 1.78. The van der Waals surface area contributed by atoms with Crippen molar-refractivity contribution in [3.8, 4) is 0 Å². The molecule has 2 fully saturated rings. The topological polar surface area (TPSA) is 44.4 Å². The minimum Gasteiger partial charge on any atom is -0.317 e. The number of carbonyl (C=O) groups excluding carboxylic acids is 1. The van der Waals surface area contributed by atoms with Crippen molar-refractivity contribution >= 4 is 11.6 Å². The number of anilines is 1. The monoisotopic (exact) mass is 245 g/mol. The van der Waals surface area contributed by atoms with Gasteiger partial charge in [0.25, 0.3) is 0 Å². The summed E-state index contributed by atoms with van der Waals surface area (Å²) in [6.45, 7) is 2.99. The molecular weight excluding hydrogens is 226 g/mol. The first kappa shape index (κ1) is 11.5. The highest BCUT2D eigenvalue weighted by Gasteiger charge is 2.20. The van der Waals surface area contributed by atoms with Gasteiger partial charge in [-0.3, -0.25) is 15.2 Å². The van der Waals surface area contributed by atoms with Crippen LogP contribution in [0.5, 0.6) is 0 Å². The summed E-state index contributed by atoms with van der Waals surface area (Å²) in [7, 11) is 0. The maximum absolute atomic E-state index is 11.3. The summed E-state index contributed by atoms with van der Waals surface area (Å²) < 4.78 is 0. The highest BCUT2D eigenvalue weighted by Crippen LogP contribution is 2.28. The maximum atomic E-state index is 11.3. The average molecular weight is 245 g/mol. The molecule has 0 spiro atoms. The highest BCUT2D eigenvalue weighted by molar-refractivity contribution is 5.81. The number of nitrogens with zero attached hydrogens (tertiary/aromatic N) is 1. The van der Waals surface area contributed by atoms with E-state index in [9.17, 15) is 4.79 Å². The zero-order valence-corrected chi connectivity index (χ0v) is 10.5. The number of amides is 1. The average Bonchev–Trinajstić information content (AvgIpc) is 2.87. The van der Waals surface area contributed by atoms with Crippen LogP contribution in [0.1, 0.15) is 30.7 Å². The van der Waals surface area contributed by atoms with Gasteiger partial charge in [0.1, 0.15) is 0 Å². The molecule has 2 aliphatic rings. The summed E-state index contributed by atoms with van der Waals surface area (Å²) in [5.74, 6) is 0.770. The summed E-state index contributed by atoms with van der Waals surface area (Å²) in [6, 6.07) is 8.59. The fraction of sp³-hybridized carbons (Fsp3) is 0.500. The molecule has 0 aliphatic carbocycles. The molecule has 0 radical (unpaired) electrons. The SMILES string of the molecule is O=C1CCN(c2cccc(C3CCNCC3)c2)N1. The van der Waals surface area contributed by atoms with Gasteiger partial charge in [-0.1, -0.05) is 12.1 Å². The van der Waals surface area contributed by atoms with Crippen molar-refractivity contribution in [2.24, 2.45) is 0 Å². The second-order valence-corrected chi connectivity index (χ2v) is 5.06. The van der Waals surface area contributed by atoms with E-state index in [0.717, 1.165) is 25.3 Å². The Kier molecular flexibility index (Phi) is 3.19. The molecule has 1 aromatic rings. The van der Waals surface area contributed by atoms with E-state index in [1.54, 1.807) is 0 Å². The molecule has 3 rings (SSSR count). The molecule has 0 aromatic heterocycles. The number of piperidine rings is 1. The van der Waals surface area contributed by atoms with Gasteiger partial charge in [-0.05, 0) is 49.5 Å². The molecule has 18 heavy (non-hydrogen) atoms.